The summed E-state index contributed by atoms with van der Waals surface area (Å²) in [5.41, 5.74) is 0. The highest BCUT2D eigenvalue weighted by molar-refractivity contribution is 5.03. The molecule has 1 fully saturated rings. The maximum absolute atomic E-state index is 3.43. The SMILES string of the molecule is CCC(C#CC[N+]1(C)CCCCC1)CC.[I-]. The van der Waals surface area contributed by atoms with Crippen molar-refractivity contribution >= 4 is 0 Å². The molecule has 1 rings (SSSR count). The molecule has 94 valence electrons. The van der Waals surface area contributed by atoms with Gasteiger partial charge in [0.2, 0.25) is 0 Å². The van der Waals surface area contributed by atoms with Gasteiger partial charge < -0.3 is 28.5 Å². The van der Waals surface area contributed by atoms with Crippen molar-refractivity contribution in [2.24, 2.45) is 5.92 Å². The molecule has 0 spiro atoms. The largest absolute Gasteiger partial charge is 1.00 e. The van der Waals surface area contributed by atoms with Crippen molar-refractivity contribution in [1.29, 1.82) is 0 Å². The van der Waals surface area contributed by atoms with Gasteiger partial charge in [0.05, 0.1) is 20.1 Å². The van der Waals surface area contributed by atoms with Crippen LogP contribution in [0.15, 0.2) is 0 Å². The van der Waals surface area contributed by atoms with Gasteiger partial charge in [0.15, 0.2) is 0 Å². The van der Waals surface area contributed by atoms with E-state index in [9.17, 15) is 0 Å². The predicted octanol–water partition coefficient (Wildman–Crippen LogP) is 0.0605. The lowest BCUT2D eigenvalue weighted by atomic mass is 10.0. The molecule has 1 heterocycles. The van der Waals surface area contributed by atoms with E-state index in [2.05, 4.69) is 32.7 Å². The average molecular weight is 335 g/mol. The Hall–Kier alpha value is 0.250. The second kappa shape index (κ2) is 8.36. The van der Waals surface area contributed by atoms with E-state index in [1.165, 1.54) is 49.7 Å². The van der Waals surface area contributed by atoms with Crippen molar-refractivity contribution < 1.29 is 28.5 Å². The van der Waals surface area contributed by atoms with E-state index in [-0.39, 0.29) is 24.0 Å². The van der Waals surface area contributed by atoms with Crippen LogP contribution in [-0.4, -0.2) is 31.2 Å². The number of nitrogens with zero attached hydrogens (tertiary/aromatic N) is 1. The molecule has 16 heavy (non-hydrogen) atoms. The van der Waals surface area contributed by atoms with Gasteiger partial charge in [-0.15, -0.1) is 0 Å². The first-order chi connectivity index (χ1) is 7.20. The van der Waals surface area contributed by atoms with Crippen LogP contribution in [-0.2, 0) is 0 Å². The highest BCUT2D eigenvalue weighted by Crippen LogP contribution is 2.15. The number of hydrogen-bond donors (Lipinski definition) is 0. The molecule has 0 bridgehead atoms. The van der Waals surface area contributed by atoms with Gasteiger partial charge in [-0.05, 0) is 38.0 Å². The van der Waals surface area contributed by atoms with E-state index in [1.54, 1.807) is 0 Å². The lowest BCUT2D eigenvalue weighted by Gasteiger charge is -2.36. The van der Waals surface area contributed by atoms with Crippen LogP contribution in [0.3, 0.4) is 0 Å². The van der Waals surface area contributed by atoms with Gasteiger partial charge in [0.1, 0.15) is 6.54 Å². The van der Waals surface area contributed by atoms with E-state index < -0.39 is 0 Å². The number of piperidine rings is 1. The zero-order valence-electron chi connectivity index (χ0n) is 11.1. The van der Waals surface area contributed by atoms with Crippen LogP contribution in [0.4, 0.5) is 0 Å². The normalized spacial score (nSPS) is 18.5. The summed E-state index contributed by atoms with van der Waals surface area (Å²) in [7, 11) is 2.36. The summed E-state index contributed by atoms with van der Waals surface area (Å²) < 4.78 is 1.19. The summed E-state index contributed by atoms with van der Waals surface area (Å²) in [5, 5.41) is 0. The summed E-state index contributed by atoms with van der Waals surface area (Å²) in [6.45, 7) is 8.20. The van der Waals surface area contributed by atoms with E-state index in [0.29, 0.717) is 5.92 Å². The van der Waals surface area contributed by atoms with Gasteiger partial charge in [-0.3, -0.25) is 0 Å². The molecule has 0 aliphatic carbocycles. The molecule has 0 aromatic rings. The van der Waals surface area contributed by atoms with Crippen molar-refractivity contribution in [1.82, 2.24) is 0 Å². The van der Waals surface area contributed by atoms with Crippen LogP contribution in [0.1, 0.15) is 46.0 Å². The van der Waals surface area contributed by atoms with Gasteiger partial charge in [0, 0.05) is 5.92 Å². The standard InChI is InChI=1S/C14H26N.HI/c1-4-14(5-2)10-9-13-15(3)11-7-6-8-12-15;/h14H,4-8,11-13H2,1-3H3;1H/q+1;/p-1. The molecule has 0 saturated carbocycles. The fraction of sp³-hybridized carbons (Fsp3) is 0.857. The molecule has 0 N–H and O–H groups in total. The fourth-order valence-corrected chi connectivity index (χ4v) is 2.31. The monoisotopic (exact) mass is 335 g/mol. The molecule has 1 aliphatic heterocycles. The van der Waals surface area contributed by atoms with Crippen LogP contribution in [0, 0.1) is 17.8 Å². The molecule has 0 radical (unpaired) electrons. The van der Waals surface area contributed by atoms with Gasteiger partial charge in [-0.1, -0.05) is 19.8 Å². The van der Waals surface area contributed by atoms with Gasteiger partial charge in [0.25, 0.3) is 0 Å². The summed E-state index contributed by atoms with van der Waals surface area (Å²) >= 11 is 0. The third kappa shape index (κ3) is 5.54. The fourth-order valence-electron chi connectivity index (χ4n) is 2.31. The molecule has 1 saturated heterocycles. The quantitative estimate of drug-likeness (QED) is 0.389. The lowest BCUT2D eigenvalue weighted by molar-refractivity contribution is -0.907. The topological polar surface area (TPSA) is 0 Å². The molecular formula is C14H26IN. The second-order valence-electron chi connectivity index (χ2n) is 5.12. The van der Waals surface area contributed by atoms with Crippen LogP contribution in [0.5, 0.6) is 0 Å². The predicted molar refractivity (Wildman–Crippen MR) is 66.5 cm³/mol. The molecule has 1 aliphatic rings. The van der Waals surface area contributed by atoms with Crippen molar-refractivity contribution in [3.63, 3.8) is 0 Å². The Kier molecular flexibility index (Phi) is 8.49. The summed E-state index contributed by atoms with van der Waals surface area (Å²) in [6.07, 6.45) is 6.61. The van der Waals surface area contributed by atoms with Crippen molar-refractivity contribution in [3.8, 4) is 11.8 Å². The lowest BCUT2D eigenvalue weighted by Crippen LogP contribution is -3.00. The highest BCUT2D eigenvalue weighted by atomic mass is 127. The minimum atomic E-state index is 0. The minimum absolute atomic E-state index is 0. The van der Waals surface area contributed by atoms with Crippen LogP contribution in [0.25, 0.3) is 0 Å². The van der Waals surface area contributed by atoms with Crippen LogP contribution < -0.4 is 24.0 Å². The highest BCUT2D eigenvalue weighted by Gasteiger charge is 2.22. The van der Waals surface area contributed by atoms with Crippen molar-refractivity contribution in [2.45, 2.75) is 46.0 Å². The zero-order chi connectivity index (χ0) is 11.1. The Morgan fingerprint density at radius 2 is 1.62 bits per heavy atom. The summed E-state index contributed by atoms with van der Waals surface area (Å²) in [4.78, 5) is 0. The van der Waals surface area contributed by atoms with Crippen molar-refractivity contribution in [3.05, 3.63) is 0 Å². The molecule has 0 aromatic heterocycles. The summed E-state index contributed by atoms with van der Waals surface area (Å²) in [5.74, 6) is 7.47. The van der Waals surface area contributed by atoms with Crippen LogP contribution in [0.2, 0.25) is 0 Å². The van der Waals surface area contributed by atoms with Gasteiger partial charge in [-0.25, -0.2) is 0 Å². The number of hydrogen-bond acceptors (Lipinski definition) is 0. The smallest absolute Gasteiger partial charge is 0.140 e. The van der Waals surface area contributed by atoms with Gasteiger partial charge >= 0.3 is 0 Å². The molecule has 0 atom stereocenters. The third-order valence-corrected chi connectivity index (χ3v) is 3.65. The van der Waals surface area contributed by atoms with E-state index in [1.807, 2.05) is 0 Å². The van der Waals surface area contributed by atoms with Crippen molar-refractivity contribution in [2.75, 3.05) is 26.7 Å². The Bertz CT molecular complexity index is 229. The first-order valence-corrected chi connectivity index (χ1v) is 6.52. The maximum Gasteiger partial charge on any atom is 0.140 e. The Morgan fingerprint density at radius 1 is 1.06 bits per heavy atom. The first kappa shape index (κ1) is 16.2. The van der Waals surface area contributed by atoms with Crippen LogP contribution >= 0.6 is 0 Å². The molecule has 0 unspecified atom stereocenters. The average Bonchev–Trinajstić information content (AvgIpc) is 2.25. The van der Waals surface area contributed by atoms with E-state index in [4.69, 9.17) is 0 Å². The zero-order valence-corrected chi connectivity index (χ0v) is 13.2. The van der Waals surface area contributed by atoms with Gasteiger partial charge in [-0.2, -0.15) is 0 Å². The number of likely N-dealkylation sites (tertiary alicyclic amines) is 1. The molecular weight excluding hydrogens is 309 g/mol. The number of quaternary nitrogens is 1. The minimum Gasteiger partial charge on any atom is -1.00 e. The van der Waals surface area contributed by atoms with E-state index >= 15 is 0 Å². The number of rotatable bonds is 3. The Morgan fingerprint density at radius 3 is 2.12 bits per heavy atom. The second-order valence-corrected chi connectivity index (χ2v) is 5.12. The Labute approximate surface area is 119 Å². The first-order valence-electron chi connectivity index (χ1n) is 6.52. The Balaban J connectivity index is 0.00000225. The molecule has 1 nitrogen and oxygen atoms in total. The maximum atomic E-state index is 3.43. The number of halogens is 1. The summed E-state index contributed by atoms with van der Waals surface area (Å²) in [6, 6.07) is 0. The molecule has 2 heteroatoms. The molecule has 0 amide bonds. The molecule has 0 aromatic carbocycles. The van der Waals surface area contributed by atoms with E-state index in [0.717, 1.165) is 6.54 Å². The third-order valence-electron chi connectivity index (χ3n) is 3.65.